The molecule has 0 aliphatic rings. The Hall–Kier alpha value is -2.77. The number of hydrogen-bond acceptors (Lipinski definition) is 5. The van der Waals surface area contributed by atoms with Crippen LogP contribution in [0.2, 0.25) is 0 Å². The third-order valence-electron chi connectivity index (χ3n) is 3.22. The molecular formula is C12H12N6O2. The minimum Gasteiger partial charge on any atom is -0.478 e. The van der Waals surface area contributed by atoms with Gasteiger partial charge in [-0.05, 0) is 19.1 Å². The second-order valence-corrected chi connectivity index (χ2v) is 4.49. The van der Waals surface area contributed by atoms with Gasteiger partial charge in [-0.25, -0.2) is 9.48 Å². The second-order valence-electron chi connectivity index (χ2n) is 4.49. The Bertz CT molecular complexity index is 790. The zero-order valence-corrected chi connectivity index (χ0v) is 10.9. The smallest absolute Gasteiger partial charge is 0.338 e. The van der Waals surface area contributed by atoms with E-state index in [0.717, 1.165) is 5.82 Å². The van der Waals surface area contributed by atoms with Gasteiger partial charge in [0, 0.05) is 7.05 Å². The maximum atomic E-state index is 11.2. The highest BCUT2D eigenvalue weighted by atomic mass is 16.4. The first kappa shape index (κ1) is 12.3. The van der Waals surface area contributed by atoms with Gasteiger partial charge in [-0.2, -0.15) is 0 Å². The molecule has 3 rings (SSSR count). The quantitative estimate of drug-likeness (QED) is 0.759. The lowest BCUT2D eigenvalue weighted by Gasteiger charge is -2.11. The SMILES string of the molecule is CC(c1nncn1C)n1nnc2c(C(=O)O)cccc21. The number of carbonyl (C=O) groups is 1. The molecule has 2 heterocycles. The summed E-state index contributed by atoms with van der Waals surface area (Å²) < 4.78 is 3.44. The van der Waals surface area contributed by atoms with Crippen molar-refractivity contribution in [3.05, 3.63) is 35.9 Å². The molecule has 0 amide bonds. The van der Waals surface area contributed by atoms with Crippen LogP contribution in [0.3, 0.4) is 0 Å². The lowest BCUT2D eigenvalue weighted by atomic mass is 10.2. The molecule has 3 aromatic rings. The monoisotopic (exact) mass is 272 g/mol. The zero-order valence-electron chi connectivity index (χ0n) is 10.9. The molecule has 102 valence electrons. The summed E-state index contributed by atoms with van der Waals surface area (Å²) >= 11 is 0. The Kier molecular flexibility index (Phi) is 2.70. The van der Waals surface area contributed by atoms with Crippen LogP contribution < -0.4 is 0 Å². The van der Waals surface area contributed by atoms with Gasteiger partial charge in [0.1, 0.15) is 17.9 Å². The van der Waals surface area contributed by atoms with Gasteiger partial charge in [0.25, 0.3) is 0 Å². The molecule has 0 saturated carbocycles. The van der Waals surface area contributed by atoms with Crippen LogP contribution in [0.5, 0.6) is 0 Å². The minimum absolute atomic E-state index is 0.138. The van der Waals surface area contributed by atoms with E-state index in [9.17, 15) is 4.79 Å². The minimum atomic E-state index is -1.02. The largest absolute Gasteiger partial charge is 0.478 e. The molecule has 0 fully saturated rings. The van der Waals surface area contributed by atoms with Gasteiger partial charge in [-0.3, -0.25) is 0 Å². The normalized spacial score (nSPS) is 12.7. The van der Waals surface area contributed by atoms with Gasteiger partial charge >= 0.3 is 5.97 Å². The van der Waals surface area contributed by atoms with E-state index < -0.39 is 5.97 Å². The highest BCUT2D eigenvalue weighted by molar-refractivity contribution is 6.00. The molecule has 2 aromatic heterocycles. The van der Waals surface area contributed by atoms with Crippen LogP contribution in [0, 0.1) is 0 Å². The third kappa shape index (κ3) is 1.73. The molecule has 8 heteroatoms. The van der Waals surface area contributed by atoms with Gasteiger partial charge in [0.15, 0.2) is 5.82 Å². The number of carboxylic acid groups (broad SMARTS) is 1. The first-order valence-electron chi connectivity index (χ1n) is 6.00. The van der Waals surface area contributed by atoms with Crippen molar-refractivity contribution < 1.29 is 9.90 Å². The van der Waals surface area contributed by atoms with Gasteiger partial charge < -0.3 is 9.67 Å². The molecule has 0 aliphatic heterocycles. The summed E-state index contributed by atoms with van der Waals surface area (Å²) in [7, 11) is 1.84. The Morgan fingerprint density at radius 3 is 2.80 bits per heavy atom. The van der Waals surface area contributed by atoms with Crippen LogP contribution in [0.25, 0.3) is 11.0 Å². The first-order valence-corrected chi connectivity index (χ1v) is 6.00. The molecule has 1 aromatic carbocycles. The maximum Gasteiger partial charge on any atom is 0.338 e. The van der Waals surface area contributed by atoms with Crippen LogP contribution in [-0.2, 0) is 7.05 Å². The number of fused-ring (bicyclic) bond motifs is 1. The molecule has 20 heavy (non-hydrogen) atoms. The van der Waals surface area contributed by atoms with Crippen molar-refractivity contribution in [3.8, 4) is 0 Å². The molecule has 8 nitrogen and oxygen atoms in total. The summed E-state index contributed by atoms with van der Waals surface area (Å²) in [6.07, 6.45) is 1.60. The summed E-state index contributed by atoms with van der Waals surface area (Å²) in [5.41, 5.74) is 1.16. The topological polar surface area (TPSA) is 98.7 Å². The Morgan fingerprint density at radius 1 is 1.35 bits per heavy atom. The van der Waals surface area contributed by atoms with E-state index in [-0.39, 0.29) is 11.6 Å². The summed E-state index contributed by atoms with van der Waals surface area (Å²) in [6.45, 7) is 1.91. The molecule has 0 aliphatic carbocycles. The number of aromatic nitrogens is 6. The van der Waals surface area contributed by atoms with Crippen molar-refractivity contribution in [2.24, 2.45) is 7.05 Å². The predicted molar refractivity (Wildman–Crippen MR) is 69.3 cm³/mol. The standard InChI is InChI=1S/C12H12N6O2/c1-7(11-15-13-6-17(11)2)18-9-5-3-4-8(12(19)20)10(9)14-16-18/h3-7H,1-2H3,(H,19,20). The molecule has 1 unspecified atom stereocenters. The fourth-order valence-corrected chi connectivity index (χ4v) is 2.20. The molecule has 1 N–H and O–H groups in total. The molecule has 0 radical (unpaired) electrons. The van der Waals surface area contributed by atoms with Crippen LogP contribution in [-0.4, -0.2) is 40.8 Å². The predicted octanol–water partition coefficient (Wildman–Crippen LogP) is 0.867. The van der Waals surface area contributed by atoms with E-state index in [4.69, 9.17) is 5.11 Å². The van der Waals surface area contributed by atoms with E-state index in [1.165, 1.54) is 6.07 Å². The summed E-state index contributed by atoms with van der Waals surface area (Å²) in [4.78, 5) is 11.2. The molecular weight excluding hydrogens is 260 g/mol. The van der Waals surface area contributed by atoms with Crippen molar-refractivity contribution >= 4 is 17.0 Å². The third-order valence-corrected chi connectivity index (χ3v) is 3.22. The second kappa shape index (κ2) is 4.41. The fraction of sp³-hybridized carbons (Fsp3) is 0.250. The fourth-order valence-electron chi connectivity index (χ4n) is 2.20. The van der Waals surface area contributed by atoms with E-state index in [1.807, 2.05) is 14.0 Å². The maximum absolute atomic E-state index is 11.2. The van der Waals surface area contributed by atoms with Crippen LogP contribution in [0.15, 0.2) is 24.5 Å². The van der Waals surface area contributed by atoms with Gasteiger partial charge in [0.2, 0.25) is 0 Å². The number of carboxylic acids is 1. The number of hydrogen-bond donors (Lipinski definition) is 1. The van der Waals surface area contributed by atoms with Crippen molar-refractivity contribution in [2.75, 3.05) is 0 Å². The Balaban J connectivity index is 2.16. The highest BCUT2D eigenvalue weighted by Gasteiger charge is 2.20. The summed E-state index contributed by atoms with van der Waals surface area (Å²) in [5.74, 6) is -0.300. The first-order chi connectivity index (χ1) is 9.59. The lowest BCUT2D eigenvalue weighted by molar-refractivity contribution is 0.0699. The molecule has 0 saturated heterocycles. The number of rotatable bonds is 3. The van der Waals surface area contributed by atoms with E-state index in [2.05, 4.69) is 20.5 Å². The van der Waals surface area contributed by atoms with E-state index >= 15 is 0 Å². The molecule has 1 atom stereocenters. The van der Waals surface area contributed by atoms with E-state index in [1.54, 1.807) is 27.7 Å². The molecule has 0 spiro atoms. The number of aryl methyl sites for hydroxylation is 1. The number of aromatic carboxylic acids is 1. The van der Waals surface area contributed by atoms with Gasteiger partial charge in [-0.15, -0.1) is 15.3 Å². The van der Waals surface area contributed by atoms with Crippen molar-refractivity contribution in [1.29, 1.82) is 0 Å². The lowest BCUT2D eigenvalue weighted by Crippen LogP contribution is -2.13. The Labute approximate surface area is 113 Å². The number of nitrogens with zero attached hydrogens (tertiary/aromatic N) is 6. The van der Waals surface area contributed by atoms with Crippen LogP contribution >= 0.6 is 0 Å². The van der Waals surface area contributed by atoms with Gasteiger partial charge in [-0.1, -0.05) is 11.3 Å². The van der Waals surface area contributed by atoms with Crippen LogP contribution in [0.1, 0.15) is 29.1 Å². The van der Waals surface area contributed by atoms with Crippen molar-refractivity contribution in [2.45, 2.75) is 13.0 Å². The Morgan fingerprint density at radius 2 is 2.15 bits per heavy atom. The summed E-state index contributed by atoms with van der Waals surface area (Å²) in [6, 6.07) is 4.77. The summed E-state index contributed by atoms with van der Waals surface area (Å²) in [5, 5.41) is 25.1. The zero-order chi connectivity index (χ0) is 14.3. The average Bonchev–Trinajstić information content (AvgIpc) is 3.03. The molecule has 0 bridgehead atoms. The average molecular weight is 272 g/mol. The van der Waals surface area contributed by atoms with Crippen LogP contribution in [0.4, 0.5) is 0 Å². The van der Waals surface area contributed by atoms with E-state index in [0.29, 0.717) is 11.0 Å². The van der Waals surface area contributed by atoms with Crippen molar-refractivity contribution in [1.82, 2.24) is 29.8 Å². The number of benzene rings is 1. The van der Waals surface area contributed by atoms with Gasteiger partial charge in [0.05, 0.1) is 11.1 Å². The highest BCUT2D eigenvalue weighted by Crippen LogP contribution is 2.22. The van der Waals surface area contributed by atoms with Crippen molar-refractivity contribution in [3.63, 3.8) is 0 Å².